The molecule has 0 fully saturated rings. The van der Waals surface area contributed by atoms with Gasteiger partial charge in [-0.25, -0.2) is 15.0 Å². The van der Waals surface area contributed by atoms with E-state index in [9.17, 15) is 0 Å². The number of hydrogen-bond acceptors (Lipinski definition) is 5. The largest absolute Gasteiger partial charge is 0.311 e. The van der Waals surface area contributed by atoms with E-state index >= 15 is 0 Å². The summed E-state index contributed by atoms with van der Waals surface area (Å²) in [5, 5.41) is 0. The van der Waals surface area contributed by atoms with Gasteiger partial charge in [0.2, 0.25) is 0 Å². The first-order valence-electron chi connectivity index (χ1n) is 24.6. The van der Waals surface area contributed by atoms with Crippen molar-refractivity contribution >= 4 is 34.1 Å². The number of para-hydroxylation sites is 6. The Hall–Kier alpha value is -7.63. The number of hydrogen-bond donors (Lipinski definition) is 0. The topological polar surface area (TPSA) is 45.2 Å². The summed E-state index contributed by atoms with van der Waals surface area (Å²) in [7, 11) is 0. The molecule has 0 saturated heterocycles. The van der Waals surface area contributed by atoms with Crippen LogP contribution in [0, 0.1) is 0 Å². The Labute approximate surface area is 352 Å². The number of rotatable bonds is 6. The Morgan fingerprint density at radius 2 is 0.464 bits per heavy atom. The molecule has 0 radical (unpaired) electrons. The first kappa shape index (κ1) is 23.9. The summed E-state index contributed by atoms with van der Waals surface area (Å²) in [6, 6.07) is 44.5. The number of aromatic nitrogens is 3. The van der Waals surface area contributed by atoms with Crippen molar-refractivity contribution in [1.29, 1.82) is 0 Å². The Bertz CT molecular complexity index is 2650. The van der Waals surface area contributed by atoms with Crippen LogP contribution in [-0.4, -0.2) is 15.0 Å². The highest BCUT2D eigenvalue weighted by Gasteiger charge is 2.11. The molecule has 0 aliphatic carbocycles. The number of nitrogens with zero attached hydrogens (tertiary/aromatic N) is 5. The SMILES string of the molecule is [2H]c1cc([2H])c([2H])c(N(c2c([2H])c([2H])cc([2H])c2[2H])c2c([2H])c([2H])cc([2H])c2[2H])c1[2H].[2H]c1cc([2H])cc([2H])c1.c1ccc(N(c2ccccc2)c2ccccc2)cc1.c1ccccc1.c1ncncn1. The highest BCUT2D eigenvalue weighted by atomic mass is 15.1. The predicted octanol–water partition coefficient (Wildman–Crippen LogP) is 13.6. The summed E-state index contributed by atoms with van der Waals surface area (Å²) in [5.41, 5.74) is 1.95. The zero-order valence-corrected chi connectivity index (χ0v) is 30.1. The summed E-state index contributed by atoms with van der Waals surface area (Å²) < 4.78 is 119. The van der Waals surface area contributed by atoms with Crippen LogP contribution in [0.15, 0.2) is 273 Å². The lowest BCUT2D eigenvalue weighted by atomic mass is 10.2. The van der Waals surface area contributed by atoms with Gasteiger partial charge in [0.05, 0.1) is 20.6 Å². The molecule has 5 nitrogen and oxygen atoms in total. The quantitative estimate of drug-likeness (QED) is 0.170. The van der Waals surface area contributed by atoms with Crippen molar-refractivity contribution in [3.63, 3.8) is 0 Å². The third kappa shape index (κ3) is 14.1. The smallest absolute Gasteiger partial charge is 0.119 e. The fourth-order valence-corrected chi connectivity index (χ4v) is 4.54. The minimum Gasteiger partial charge on any atom is -0.311 e. The molecule has 0 unspecified atom stereocenters. The van der Waals surface area contributed by atoms with Gasteiger partial charge >= 0.3 is 0 Å². The maximum Gasteiger partial charge on any atom is 0.119 e. The van der Waals surface area contributed by atoms with Crippen molar-refractivity contribution in [2.45, 2.75) is 0 Å². The second-order valence-corrected chi connectivity index (χ2v) is 10.7. The van der Waals surface area contributed by atoms with Crippen LogP contribution in [-0.2, 0) is 0 Å². The van der Waals surface area contributed by atoms with Crippen molar-refractivity contribution in [2.75, 3.05) is 9.80 Å². The average Bonchev–Trinajstić information content (AvgIpc) is 3.37. The van der Waals surface area contributed by atoms with Crippen LogP contribution in [0.25, 0.3) is 0 Å². The van der Waals surface area contributed by atoms with Crippen LogP contribution < -0.4 is 9.80 Å². The van der Waals surface area contributed by atoms with Gasteiger partial charge in [0.1, 0.15) is 19.0 Å². The Morgan fingerprint density at radius 1 is 0.250 bits per heavy atom. The molecule has 0 N–H and O–H groups in total. The zero-order valence-electron chi connectivity index (χ0n) is 45.1. The normalized spacial score (nSPS) is 13.2. The summed E-state index contributed by atoms with van der Waals surface area (Å²) in [6.07, 6.45) is 4.31. The van der Waals surface area contributed by atoms with Crippen molar-refractivity contribution in [2.24, 2.45) is 0 Å². The summed E-state index contributed by atoms with van der Waals surface area (Å²) in [5.74, 6) is 0. The van der Waals surface area contributed by atoms with E-state index in [4.69, 9.17) is 20.6 Å². The minimum absolute atomic E-state index is 0.229. The Kier molecular flexibility index (Phi) is 10.5. The molecule has 274 valence electrons. The fourth-order valence-electron chi connectivity index (χ4n) is 4.54. The lowest BCUT2D eigenvalue weighted by Gasteiger charge is -2.25. The van der Waals surface area contributed by atoms with Crippen molar-refractivity contribution < 1.29 is 20.6 Å². The number of benzene rings is 8. The summed E-state index contributed by atoms with van der Waals surface area (Å²) in [6.45, 7) is 0. The van der Waals surface area contributed by atoms with Crippen molar-refractivity contribution in [1.82, 2.24) is 15.0 Å². The minimum atomic E-state index is -0.609. The monoisotopic (exact) mass is 742 g/mol. The molecule has 0 bridgehead atoms. The van der Waals surface area contributed by atoms with E-state index in [1.165, 1.54) is 54.2 Å². The van der Waals surface area contributed by atoms with Gasteiger partial charge in [0.25, 0.3) is 0 Å². The second-order valence-electron chi connectivity index (χ2n) is 10.7. The molecule has 0 saturated carbocycles. The van der Waals surface area contributed by atoms with Crippen LogP contribution in [0.2, 0.25) is 0 Å². The van der Waals surface area contributed by atoms with Crippen LogP contribution >= 0.6 is 0 Å². The summed E-state index contributed by atoms with van der Waals surface area (Å²) >= 11 is 0. The Morgan fingerprint density at radius 3 is 0.714 bits per heavy atom. The van der Waals surface area contributed by atoms with E-state index in [0.717, 1.165) is 23.1 Å². The van der Waals surface area contributed by atoms with Crippen LogP contribution in [0.1, 0.15) is 20.6 Å². The maximum atomic E-state index is 8.29. The van der Waals surface area contributed by atoms with Gasteiger partial charge in [-0.05, 0) is 72.7 Å². The third-order valence-corrected chi connectivity index (χ3v) is 6.86. The maximum absolute atomic E-state index is 8.29. The molecule has 0 aliphatic rings. The third-order valence-electron chi connectivity index (χ3n) is 6.86. The van der Waals surface area contributed by atoms with E-state index in [1.54, 1.807) is 0 Å². The molecule has 0 aliphatic heterocycles. The average molecular weight is 743 g/mol. The van der Waals surface area contributed by atoms with Gasteiger partial charge in [0.15, 0.2) is 0 Å². The van der Waals surface area contributed by atoms with Gasteiger partial charge in [0, 0.05) is 34.1 Å². The molecule has 56 heavy (non-hydrogen) atoms. The lowest BCUT2D eigenvalue weighted by molar-refractivity contribution is 1.05. The molecule has 5 heteroatoms. The van der Waals surface area contributed by atoms with E-state index < -0.39 is 89.6 Å². The van der Waals surface area contributed by atoms with Gasteiger partial charge in [-0.2, -0.15) is 0 Å². The standard InChI is InChI=1S/2C18H15N.2C6H6.C3H3N3/c2*1-4-10-16(11-5-1)19(17-12-6-2-7-13-17)18-14-8-3-9-15-18;2*1-2-4-6-5-3-1;1-4-2-6-3-5-1/h2*1-15H;2*1-6H;1-3H/i4D,5D,6D,7D,8D,9D,10D,11D,12D,13D,14D,15D;;1D,4D,5D;;. The second kappa shape index (κ2) is 24.6. The molecule has 1 heterocycles. The predicted molar refractivity (Wildman–Crippen MR) is 235 cm³/mol. The first-order chi connectivity index (χ1) is 34.0. The van der Waals surface area contributed by atoms with Crippen molar-refractivity contribution in [3.8, 4) is 0 Å². The van der Waals surface area contributed by atoms with Crippen LogP contribution in [0.5, 0.6) is 0 Å². The van der Waals surface area contributed by atoms with E-state index in [0.29, 0.717) is 0 Å². The molecular formula is C51H45N5. The summed E-state index contributed by atoms with van der Waals surface area (Å²) in [4.78, 5) is 13.7. The van der Waals surface area contributed by atoms with E-state index in [2.05, 4.69) is 92.6 Å². The van der Waals surface area contributed by atoms with Gasteiger partial charge in [-0.3, -0.25) is 0 Å². The lowest BCUT2D eigenvalue weighted by Crippen LogP contribution is -2.09. The van der Waals surface area contributed by atoms with E-state index in [-0.39, 0.29) is 18.1 Å². The van der Waals surface area contributed by atoms with Gasteiger partial charge in [-0.15, -0.1) is 0 Å². The highest BCUT2D eigenvalue weighted by Crippen LogP contribution is 2.34. The first-order valence-corrected chi connectivity index (χ1v) is 17.1. The molecule has 9 rings (SSSR count). The highest BCUT2D eigenvalue weighted by molar-refractivity contribution is 5.77. The molecule has 8 aromatic carbocycles. The molecular weight excluding hydrogens is 683 g/mol. The molecule has 0 spiro atoms. The molecule has 0 atom stereocenters. The van der Waals surface area contributed by atoms with E-state index in [1.807, 2.05) is 54.6 Å². The molecule has 0 amide bonds. The van der Waals surface area contributed by atoms with Crippen LogP contribution in [0.3, 0.4) is 0 Å². The van der Waals surface area contributed by atoms with Gasteiger partial charge < -0.3 is 9.80 Å². The van der Waals surface area contributed by atoms with Gasteiger partial charge in [-0.1, -0.05) is 182 Å². The van der Waals surface area contributed by atoms with Crippen LogP contribution in [0.4, 0.5) is 34.1 Å². The number of anilines is 6. The fraction of sp³-hybridized carbons (Fsp3) is 0. The molecule has 9 aromatic rings. The zero-order chi connectivity index (χ0) is 51.6. The molecule has 1 aromatic heterocycles. The van der Waals surface area contributed by atoms with Crippen molar-refractivity contribution in [3.05, 3.63) is 273 Å². The Balaban J connectivity index is 0.000000195.